The number of carboxylic acid groups (broad SMARTS) is 1. The molecule has 0 bridgehead atoms. The first kappa shape index (κ1) is 10.8. The maximum atomic E-state index is 11.0. The zero-order chi connectivity index (χ0) is 10.8. The van der Waals surface area contributed by atoms with Crippen molar-refractivity contribution in [3.8, 4) is 0 Å². The Hall–Kier alpha value is -1.25. The Labute approximate surface area is 83.7 Å². The van der Waals surface area contributed by atoms with Crippen molar-refractivity contribution in [3.63, 3.8) is 0 Å². The summed E-state index contributed by atoms with van der Waals surface area (Å²) in [6.07, 6.45) is 3.69. The van der Waals surface area contributed by atoms with Gasteiger partial charge in [-0.05, 0) is 23.5 Å². The fourth-order valence-corrected chi connectivity index (χ4v) is 1.41. The van der Waals surface area contributed by atoms with Gasteiger partial charge in [0, 0.05) is 0 Å². The van der Waals surface area contributed by atoms with E-state index in [-0.39, 0.29) is 11.3 Å². The highest BCUT2D eigenvalue weighted by molar-refractivity contribution is 5.71. The van der Waals surface area contributed by atoms with E-state index in [1.165, 1.54) is 0 Å². The summed E-state index contributed by atoms with van der Waals surface area (Å²) in [5.41, 5.74) is 0.704. The Balaban J connectivity index is 2.76. The summed E-state index contributed by atoms with van der Waals surface area (Å²) in [6.45, 7) is 5.81. The monoisotopic (exact) mass is 196 g/mol. The van der Waals surface area contributed by atoms with E-state index >= 15 is 0 Å². The predicted octanol–water partition coefficient (Wildman–Crippen LogP) is 2.57. The smallest absolute Gasteiger partial charge is 0.307 e. The van der Waals surface area contributed by atoms with Crippen LogP contribution < -0.4 is 0 Å². The molecule has 78 valence electrons. The molecule has 0 fully saturated rings. The molecule has 0 saturated carbocycles. The largest absolute Gasteiger partial charge is 0.481 e. The first-order chi connectivity index (χ1) is 6.41. The number of aliphatic carboxylic acids is 1. The Morgan fingerprint density at radius 1 is 1.57 bits per heavy atom. The zero-order valence-electron chi connectivity index (χ0n) is 8.78. The van der Waals surface area contributed by atoms with E-state index in [1.54, 1.807) is 12.5 Å². The molecule has 0 amide bonds. The van der Waals surface area contributed by atoms with Gasteiger partial charge in [-0.3, -0.25) is 4.79 Å². The van der Waals surface area contributed by atoms with E-state index in [1.807, 2.05) is 26.8 Å². The summed E-state index contributed by atoms with van der Waals surface area (Å²) < 4.78 is 4.91. The molecule has 1 N–H and O–H groups in total. The second-order valence-corrected chi connectivity index (χ2v) is 4.59. The van der Waals surface area contributed by atoms with Crippen molar-refractivity contribution in [1.82, 2.24) is 0 Å². The summed E-state index contributed by atoms with van der Waals surface area (Å²) in [4.78, 5) is 11.0. The molecule has 3 heteroatoms. The SMILES string of the molecule is CC(C)(C)C(Cc1ccoc1)C(=O)O. The van der Waals surface area contributed by atoms with Crippen LogP contribution in [0.25, 0.3) is 0 Å². The average molecular weight is 196 g/mol. The summed E-state index contributed by atoms with van der Waals surface area (Å²) in [7, 11) is 0. The second-order valence-electron chi connectivity index (χ2n) is 4.59. The molecule has 0 aliphatic heterocycles. The molecule has 1 atom stereocenters. The predicted molar refractivity (Wildman–Crippen MR) is 53.0 cm³/mol. The number of hydrogen-bond donors (Lipinski definition) is 1. The van der Waals surface area contributed by atoms with Gasteiger partial charge in [-0.15, -0.1) is 0 Å². The van der Waals surface area contributed by atoms with Gasteiger partial charge >= 0.3 is 5.97 Å². The summed E-state index contributed by atoms with van der Waals surface area (Å²) in [5.74, 6) is -1.13. The molecule has 1 aromatic heterocycles. The summed E-state index contributed by atoms with van der Waals surface area (Å²) in [5, 5.41) is 9.08. The van der Waals surface area contributed by atoms with Crippen molar-refractivity contribution in [1.29, 1.82) is 0 Å². The molecule has 14 heavy (non-hydrogen) atoms. The van der Waals surface area contributed by atoms with Gasteiger partial charge in [-0.25, -0.2) is 0 Å². The van der Waals surface area contributed by atoms with Crippen molar-refractivity contribution < 1.29 is 14.3 Å². The van der Waals surface area contributed by atoms with Crippen molar-refractivity contribution in [2.24, 2.45) is 11.3 Å². The molecular weight excluding hydrogens is 180 g/mol. The standard InChI is InChI=1S/C11H16O3/c1-11(2,3)9(10(12)13)6-8-4-5-14-7-8/h4-5,7,9H,6H2,1-3H3,(H,12,13). The third kappa shape index (κ3) is 2.62. The summed E-state index contributed by atoms with van der Waals surface area (Å²) in [6, 6.07) is 1.81. The molecule has 0 aliphatic carbocycles. The van der Waals surface area contributed by atoms with E-state index in [0.717, 1.165) is 5.56 Å². The van der Waals surface area contributed by atoms with Gasteiger partial charge < -0.3 is 9.52 Å². The molecule has 1 heterocycles. The molecule has 1 rings (SSSR count). The number of rotatable bonds is 3. The Morgan fingerprint density at radius 2 is 2.21 bits per heavy atom. The Kier molecular flexibility index (Phi) is 2.99. The number of furan rings is 1. The van der Waals surface area contributed by atoms with Crippen LogP contribution in [0.5, 0.6) is 0 Å². The van der Waals surface area contributed by atoms with Gasteiger partial charge in [0.15, 0.2) is 0 Å². The normalized spacial score (nSPS) is 13.9. The Morgan fingerprint density at radius 3 is 2.57 bits per heavy atom. The second kappa shape index (κ2) is 3.86. The fourth-order valence-electron chi connectivity index (χ4n) is 1.41. The minimum Gasteiger partial charge on any atom is -0.481 e. The topological polar surface area (TPSA) is 50.4 Å². The molecule has 1 unspecified atom stereocenters. The van der Waals surface area contributed by atoms with Crippen LogP contribution in [-0.2, 0) is 11.2 Å². The lowest BCUT2D eigenvalue weighted by molar-refractivity contribution is -0.145. The van der Waals surface area contributed by atoms with E-state index in [0.29, 0.717) is 6.42 Å². The van der Waals surface area contributed by atoms with Crippen molar-refractivity contribution in [3.05, 3.63) is 24.2 Å². The Bertz CT molecular complexity index is 293. The molecule has 3 nitrogen and oxygen atoms in total. The lowest BCUT2D eigenvalue weighted by Crippen LogP contribution is -2.30. The van der Waals surface area contributed by atoms with Crippen LogP contribution >= 0.6 is 0 Å². The van der Waals surface area contributed by atoms with Crippen LogP contribution in [0.1, 0.15) is 26.3 Å². The fraction of sp³-hybridized carbons (Fsp3) is 0.545. The van der Waals surface area contributed by atoms with Gasteiger partial charge in [0.2, 0.25) is 0 Å². The molecule has 0 radical (unpaired) electrons. The van der Waals surface area contributed by atoms with E-state index in [2.05, 4.69) is 0 Å². The van der Waals surface area contributed by atoms with Crippen LogP contribution in [0, 0.1) is 11.3 Å². The molecule has 1 aromatic rings. The first-order valence-corrected chi connectivity index (χ1v) is 4.65. The van der Waals surface area contributed by atoms with Gasteiger partial charge in [0.05, 0.1) is 18.4 Å². The van der Waals surface area contributed by atoms with Crippen LogP contribution in [0.3, 0.4) is 0 Å². The third-order valence-corrected chi connectivity index (χ3v) is 2.36. The molecule has 0 aromatic carbocycles. The molecule has 0 spiro atoms. The number of carboxylic acids is 1. The van der Waals surface area contributed by atoms with Gasteiger partial charge in [0.25, 0.3) is 0 Å². The molecular formula is C11H16O3. The number of carbonyl (C=O) groups is 1. The van der Waals surface area contributed by atoms with Gasteiger partial charge in [-0.1, -0.05) is 20.8 Å². The van der Waals surface area contributed by atoms with E-state index in [9.17, 15) is 4.79 Å². The minimum atomic E-state index is -0.751. The first-order valence-electron chi connectivity index (χ1n) is 4.65. The van der Waals surface area contributed by atoms with Crippen molar-refractivity contribution in [2.45, 2.75) is 27.2 Å². The van der Waals surface area contributed by atoms with Gasteiger partial charge in [0.1, 0.15) is 0 Å². The lowest BCUT2D eigenvalue weighted by Gasteiger charge is -2.26. The van der Waals surface area contributed by atoms with Crippen molar-refractivity contribution in [2.75, 3.05) is 0 Å². The highest BCUT2D eigenvalue weighted by atomic mass is 16.4. The lowest BCUT2D eigenvalue weighted by atomic mass is 9.77. The highest BCUT2D eigenvalue weighted by Gasteiger charge is 2.31. The number of hydrogen-bond acceptors (Lipinski definition) is 2. The third-order valence-electron chi connectivity index (χ3n) is 2.36. The highest BCUT2D eigenvalue weighted by Crippen LogP contribution is 2.29. The average Bonchev–Trinajstić information content (AvgIpc) is 2.48. The molecule has 0 aliphatic rings. The maximum absolute atomic E-state index is 11.0. The minimum absolute atomic E-state index is 0.233. The molecule has 0 saturated heterocycles. The van der Waals surface area contributed by atoms with E-state index in [4.69, 9.17) is 9.52 Å². The van der Waals surface area contributed by atoms with Gasteiger partial charge in [-0.2, -0.15) is 0 Å². The zero-order valence-corrected chi connectivity index (χ0v) is 8.78. The maximum Gasteiger partial charge on any atom is 0.307 e. The van der Waals surface area contributed by atoms with Crippen molar-refractivity contribution >= 4 is 5.97 Å². The van der Waals surface area contributed by atoms with Crippen LogP contribution in [-0.4, -0.2) is 11.1 Å². The summed E-state index contributed by atoms with van der Waals surface area (Å²) >= 11 is 0. The van der Waals surface area contributed by atoms with E-state index < -0.39 is 5.97 Å². The van der Waals surface area contributed by atoms with Crippen LogP contribution in [0.2, 0.25) is 0 Å². The van der Waals surface area contributed by atoms with Crippen LogP contribution in [0.15, 0.2) is 23.0 Å². The quantitative estimate of drug-likeness (QED) is 0.808. The van der Waals surface area contributed by atoms with Crippen LogP contribution in [0.4, 0.5) is 0 Å².